The van der Waals surface area contributed by atoms with Crippen molar-refractivity contribution in [2.24, 2.45) is 0 Å². The lowest BCUT2D eigenvalue weighted by molar-refractivity contribution is 0.212. The van der Waals surface area contributed by atoms with Crippen molar-refractivity contribution in [2.75, 3.05) is 5.32 Å². The highest BCUT2D eigenvalue weighted by atomic mass is 32.2. The molecule has 1 aliphatic rings. The maximum atomic E-state index is 15.1. The van der Waals surface area contributed by atoms with E-state index >= 15 is 4.39 Å². The molecule has 4 rings (SSSR count). The van der Waals surface area contributed by atoms with Crippen molar-refractivity contribution >= 4 is 15.7 Å². The van der Waals surface area contributed by atoms with E-state index in [0.717, 1.165) is 11.3 Å². The normalized spacial score (nSPS) is 16.1. The molecule has 0 bridgehead atoms. The zero-order chi connectivity index (χ0) is 22.4. The largest absolute Gasteiger partial charge is 0.373 e. The first-order valence-corrected chi connectivity index (χ1v) is 11.5. The number of halogens is 1. The highest BCUT2D eigenvalue weighted by Crippen LogP contribution is 2.34. The zero-order valence-electron chi connectivity index (χ0n) is 17.6. The van der Waals surface area contributed by atoms with Gasteiger partial charge < -0.3 is 10.4 Å². The van der Waals surface area contributed by atoms with Crippen molar-refractivity contribution in [1.82, 2.24) is 4.72 Å². The quantitative estimate of drug-likeness (QED) is 0.557. The predicted octanol–water partition coefficient (Wildman–Crippen LogP) is 4.52. The Morgan fingerprint density at radius 2 is 1.68 bits per heavy atom. The molecule has 0 aromatic heterocycles. The summed E-state index contributed by atoms with van der Waals surface area (Å²) in [5.74, 6) is -0.445. The van der Waals surface area contributed by atoms with Crippen molar-refractivity contribution in [3.8, 4) is 22.3 Å². The van der Waals surface area contributed by atoms with Crippen LogP contribution in [0.1, 0.15) is 26.3 Å². The summed E-state index contributed by atoms with van der Waals surface area (Å²) in [6, 6.07) is 16.8. The van der Waals surface area contributed by atoms with Crippen LogP contribution in [-0.2, 0) is 16.4 Å². The number of benzene rings is 3. The van der Waals surface area contributed by atoms with Crippen LogP contribution in [0.2, 0.25) is 0 Å². The van der Waals surface area contributed by atoms with E-state index in [1.807, 2.05) is 12.1 Å². The van der Waals surface area contributed by atoms with Gasteiger partial charge in [0.2, 0.25) is 10.0 Å². The van der Waals surface area contributed by atoms with Crippen molar-refractivity contribution in [1.29, 1.82) is 0 Å². The monoisotopic (exact) mass is 440 g/mol. The molecule has 3 aromatic carbocycles. The first-order valence-electron chi connectivity index (χ1n) is 10.0. The maximum Gasteiger partial charge on any atom is 0.241 e. The minimum Gasteiger partial charge on any atom is -0.373 e. The summed E-state index contributed by atoms with van der Waals surface area (Å²) in [4.78, 5) is 0.106. The Morgan fingerprint density at radius 3 is 2.39 bits per heavy atom. The molecule has 0 fully saturated rings. The zero-order valence-corrected chi connectivity index (χ0v) is 18.4. The van der Waals surface area contributed by atoms with Crippen molar-refractivity contribution in [3.05, 3.63) is 72.0 Å². The van der Waals surface area contributed by atoms with Crippen molar-refractivity contribution in [2.45, 2.75) is 43.9 Å². The molecule has 0 radical (unpaired) electrons. The van der Waals surface area contributed by atoms with E-state index in [9.17, 15) is 13.5 Å². The molecule has 3 aromatic rings. The van der Waals surface area contributed by atoms with E-state index in [0.29, 0.717) is 28.7 Å². The van der Waals surface area contributed by atoms with Gasteiger partial charge in [-0.25, -0.2) is 17.5 Å². The van der Waals surface area contributed by atoms with Crippen LogP contribution in [-0.4, -0.2) is 25.3 Å². The van der Waals surface area contributed by atoms with Gasteiger partial charge in [-0.3, -0.25) is 0 Å². The van der Waals surface area contributed by atoms with Crippen LogP contribution in [0.3, 0.4) is 0 Å². The molecule has 1 aliphatic heterocycles. The van der Waals surface area contributed by atoms with Gasteiger partial charge in [0.25, 0.3) is 0 Å². The second-order valence-corrected chi connectivity index (χ2v) is 10.4. The fourth-order valence-corrected chi connectivity index (χ4v) is 5.47. The Labute approximate surface area is 182 Å². The van der Waals surface area contributed by atoms with Crippen molar-refractivity contribution in [3.63, 3.8) is 0 Å². The lowest BCUT2D eigenvalue weighted by atomic mass is 9.98. The van der Waals surface area contributed by atoms with Gasteiger partial charge in [-0.2, -0.15) is 0 Å². The SMILES string of the molecule is CC(C)(C)NS(=O)(=O)c1ccccc1-c1ccc(-c2ccc3c(c2)CC(O)N3)c(F)c1. The first kappa shape index (κ1) is 21.5. The van der Waals surface area contributed by atoms with Gasteiger partial charge in [0.1, 0.15) is 12.0 Å². The van der Waals surface area contributed by atoms with Crippen molar-refractivity contribution < 1.29 is 17.9 Å². The first-order chi connectivity index (χ1) is 14.5. The Balaban J connectivity index is 1.73. The number of hydrogen-bond acceptors (Lipinski definition) is 4. The number of fused-ring (bicyclic) bond motifs is 1. The smallest absolute Gasteiger partial charge is 0.241 e. The van der Waals surface area contributed by atoms with Gasteiger partial charge in [0, 0.05) is 28.8 Å². The van der Waals surface area contributed by atoms with Crippen LogP contribution in [0.25, 0.3) is 22.3 Å². The highest BCUT2D eigenvalue weighted by molar-refractivity contribution is 7.89. The van der Waals surface area contributed by atoms with Gasteiger partial charge in [-0.15, -0.1) is 0 Å². The Hall–Kier alpha value is -2.74. The molecular formula is C24H25FN2O3S. The van der Waals surface area contributed by atoms with Crippen LogP contribution in [0, 0.1) is 5.82 Å². The van der Waals surface area contributed by atoms with Crippen LogP contribution < -0.4 is 10.0 Å². The molecule has 0 aliphatic carbocycles. The Kier molecular flexibility index (Phi) is 5.37. The number of aliphatic hydroxyl groups excluding tert-OH is 1. The summed E-state index contributed by atoms with van der Waals surface area (Å²) in [7, 11) is -3.79. The summed E-state index contributed by atoms with van der Waals surface area (Å²) in [5, 5.41) is 12.7. The molecule has 0 spiro atoms. The average Bonchev–Trinajstić information content (AvgIpc) is 3.05. The highest BCUT2D eigenvalue weighted by Gasteiger charge is 2.25. The Morgan fingerprint density at radius 1 is 1.00 bits per heavy atom. The summed E-state index contributed by atoms with van der Waals surface area (Å²) in [6.07, 6.45) is -0.160. The fraction of sp³-hybridized carbons (Fsp3) is 0.250. The van der Waals surface area contributed by atoms with Gasteiger partial charge in [0.15, 0.2) is 0 Å². The molecular weight excluding hydrogens is 415 g/mol. The molecule has 7 heteroatoms. The molecule has 0 amide bonds. The maximum absolute atomic E-state index is 15.1. The molecule has 31 heavy (non-hydrogen) atoms. The summed E-state index contributed by atoms with van der Waals surface area (Å²) in [6.45, 7) is 5.31. The summed E-state index contributed by atoms with van der Waals surface area (Å²) >= 11 is 0. The van der Waals surface area contributed by atoms with Gasteiger partial charge in [-0.05, 0) is 61.7 Å². The van der Waals surface area contributed by atoms with Gasteiger partial charge in [-0.1, -0.05) is 36.4 Å². The van der Waals surface area contributed by atoms with Crippen LogP contribution in [0.5, 0.6) is 0 Å². The second kappa shape index (κ2) is 7.75. The molecule has 1 atom stereocenters. The molecule has 1 heterocycles. The third-order valence-corrected chi connectivity index (χ3v) is 6.86. The summed E-state index contributed by atoms with van der Waals surface area (Å²) < 4.78 is 43.6. The fourth-order valence-electron chi connectivity index (χ4n) is 3.82. The molecule has 1 unspecified atom stereocenters. The number of nitrogens with one attached hydrogen (secondary N) is 2. The molecule has 0 saturated heterocycles. The second-order valence-electron chi connectivity index (χ2n) is 8.78. The lowest BCUT2D eigenvalue weighted by Gasteiger charge is -2.21. The molecule has 162 valence electrons. The van der Waals surface area contributed by atoms with E-state index in [2.05, 4.69) is 10.0 Å². The van der Waals surface area contributed by atoms with E-state index in [-0.39, 0.29) is 4.90 Å². The van der Waals surface area contributed by atoms with E-state index in [4.69, 9.17) is 0 Å². The molecule has 5 nitrogen and oxygen atoms in total. The molecule has 0 saturated carbocycles. The summed E-state index contributed by atoms with van der Waals surface area (Å²) in [5.41, 5.74) is 3.17. The topological polar surface area (TPSA) is 78.4 Å². The van der Waals surface area contributed by atoms with E-state index in [1.54, 1.807) is 57.2 Å². The van der Waals surface area contributed by atoms with Gasteiger partial charge in [0.05, 0.1) is 4.90 Å². The van der Waals surface area contributed by atoms with E-state index < -0.39 is 27.6 Å². The van der Waals surface area contributed by atoms with Crippen LogP contribution >= 0.6 is 0 Å². The lowest BCUT2D eigenvalue weighted by Crippen LogP contribution is -2.40. The average molecular weight is 441 g/mol. The number of sulfonamides is 1. The minimum absolute atomic E-state index is 0.106. The number of aliphatic hydroxyl groups is 1. The third kappa shape index (κ3) is 4.49. The predicted molar refractivity (Wildman–Crippen MR) is 121 cm³/mol. The number of anilines is 1. The molecule has 3 N–H and O–H groups in total. The van der Waals surface area contributed by atoms with Crippen LogP contribution in [0.15, 0.2) is 65.6 Å². The standard InChI is InChI=1S/C24H25FN2O3S/c1-24(2,3)27-31(29,30)22-7-5-4-6-19(22)16-8-10-18(20(25)13-16)15-9-11-21-17(12-15)14-23(28)26-21/h4-13,23,26-28H,14H2,1-3H3. The number of hydrogen-bond donors (Lipinski definition) is 3. The number of rotatable bonds is 4. The van der Waals surface area contributed by atoms with Crippen LogP contribution in [0.4, 0.5) is 10.1 Å². The Bertz CT molecular complexity index is 1250. The third-order valence-electron chi connectivity index (χ3n) is 5.05. The minimum atomic E-state index is -3.79. The van der Waals surface area contributed by atoms with Gasteiger partial charge >= 0.3 is 0 Å². The van der Waals surface area contributed by atoms with E-state index in [1.165, 1.54) is 12.1 Å².